The van der Waals surface area contributed by atoms with Crippen LogP contribution in [-0.2, 0) is 20.7 Å². The van der Waals surface area contributed by atoms with Gasteiger partial charge in [-0.1, -0.05) is 12.1 Å². The number of carbonyl (C=O) groups excluding carboxylic acids is 3. The highest BCUT2D eigenvalue weighted by Crippen LogP contribution is 2.12. The first-order valence-electron chi connectivity index (χ1n) is 8.98. The zero-order valence-corrected chi connectivity index (χ0v) is 16.0. The van der Waals surface area contributed by atoms with E-state index in [-0.39, 0.29) is 12.3 Å². The van der Waals surface area contributed by atoms with Gasteiger partial charge in [0, 0.05) is 12.2 Å². The SMILES string of the molecule is CCOC(=O)c1ccc(NC(=O)CC(=O)NCCc2ccc(OC)cc2)cc1. The maximum atomic E-state index is 12.0. The molecular weight excluding hydrogens is 360 g/mol. The molecule has 0 radical (unpaired) electrons. The highest BCUT2D eigenvalue weighted by molar-refractivity contribution is 6.03. The molecule has 0 aliphatic rings. The Kier molecular flexibility index (Phi) is 8.02. The minimum Gasteiger partial charge on any atom is -0.497 e. The highest BCUT2D eigenvalue weighted by atomic mass is 16.5. The summed E-state index contributed by atoms with van der Waals surface area (Å²) in [6.45, 7) is 2.46. The highest BCUT2D eigenvalue weighted by Gasteiger charge is 2.10. The van der Waals surface area contributed by atoms with E-state index in [0.29, 0.717) is 30.8 Å². The van der Waals surface area contributed by atoms with Crippen LogP contribution in [-0.4, -0.2) is 38.0 Å². The van der Waals surface area contributed by atoms with Gasteiger partial charge in [-0.3, -0.25) is 9.59 Å². The predicted molar refractivity (Wildman–Crippen MR) is 105 cm³/mol. The van der Waals surface area contributed by atoms with Crippen LogP contribution in [0.3, 0.4) is 0 Å². The van der Waals surface area contributed by atoms with Gasteiger partial charge >= 0.3 is 5.97 Å². The number of ether oxygens (including phenoxy) is 2. The smallest absolute Gasteiger partial charge is 0.338 e. The summed E-state index contributed by atoms with van der Waals surface area (Å²) in [5, 5.41) is 5.35. The topological polar surface area (TPSA) is 93.7 Å². The third-order valence-electron chi connectivity index (χ3n) is 3.90. The maximum Gasteiger partial charge on any atom is 0.338 e. The van der Waals surface area contributed by atoms with Crippen LogP contribution in [0.5, 0.6) is 5.75 Å². The van der Waals surface area contributed by atoms with Gasteiger partial charge in [0.2, 0.25) is 11.8 Å². The molecule has 148 valence electrons. The Morgan fingerprint density at radius 3 is 2.21 bits per heavy atom. The molecule has 0 aliphatic heterocycles. The van der Waals surface area contributed by atoms with Crippen molar-refractivity contribution in [1.29, 1.82) is 0 Å². The van der Waals surface area contributed by atoms with Crippen LogP contribution >= 0.6 is 0 Å². The number of hydrogen-bond donors (Lipinski definition) is 2. The number of rotatable bonds is 9. The number of benzene rings is 2. The van der Waals surface area contributed by atoms with Crippen molar-refractivity contribution < 1.29 is 23.9 Å². The predicted octanol–water partition coefficient (Wildman–Crippen LogP) is 2.56. The van der Waals surface area contributed by atoms with Crippen molar-refractivity contribution in [2.24, 2.45) is 0 Å². The second-order valence-corrected chi connectivity index (χ2v) is 5.97. The number of methoxy groups -OCH3 is 1. The number of nitrogens with one attached hydrogen (secondary N) is 2. The molecule has 7 heteroatoms. The molecule has 0 spiro atoms. The lowest BCUT2D eigenvalue weighted by molar-refractivity contribution is -0.126. The molecular formula is C21H24N2O5. The van der Waals surface area contributed by atoms with Gasteiger partial charge in [0.05, 0.1) is 19.3 Å². The third-order valence-corrected chi connectivity index (χ3v) is 3.90. The summed E-state index contributed by atoms with van der Waals surface area (Å²) < 4.78 is 9.99. The molecule has 0 saturated carbocycles. The first kappa shape index (κ1) is 21.0. The average molecular weight is 384 g/mol. The van der Waals surface area contributed by atoms with Crippen molar-refractivity contribution in [2.75, 3.05) is 25.6 Å². The van der Waals surface area contributed by atoms with Crippen molar-refractivity contribution in [3.05, 3.63) is 59.7 Å². The largest absolute Gasteiger partial charge is 0.497 e. The van der Waals surface area contributed by atoms with Crippen molar-refractivity contribution >= 4 is 23.5 Å². The number of amides is 2. The standard InChI is InChI=1S/C21H24N2O5/c1-3-28-21(26)16-6-8-17(9-7-16)23-20(25)14-19(24)22-13-12-15-4-10-18(27-2)11-5-15/h4-11H,3,12-14H2,1-2H3,(H,22,24)(H,23,25). The van der Waals surface area contributed by atoms with E-state index in [9.17, 15) is 14.4 Å². The molecule has 0 unspecified atom stereocenters. The summed E-state index contributed by atoms with van der Waals surface area (Å²) in [6, 6.07) is 13.9. The second-order valence-electron chi connectivity index (χ2n) is 5.97. The fourth-order valence-corrected chi connectivity index (χ4v) is 2.46. The van der Waals surface area contributed by atoms with Crippen LogP contribution in [0.15, 0.2) is 48.5 Å². The Morgan fingerprint density at radius 2 is 1.61 bits per heavy atom. The molecule has 7 nitrogen and oxygen atoms in total. The lowest BCUT2D eigenvalue weighted by Gasteiger charge is -2.08. The molecule has 0 aliphatic carbocycles. The van der Waals surface area contributed by atoms with Crippen molar-refractivity contribution in [3.63, 3.8) is 0 Å². The van der Waals surface area contributed by atoms with E-state index in [1.807, 2.05) is 24.3 Å². The fraction of sp³-hybridized carbons (Fsp3) is 0.286. The van der Waals surface area contributed by atoms with Gasteiger partial charge in [-0.25, -0.2) is 4.79 Å². The van der Waals surface area contributed by atoms with Gasteiger partial charge in [0.15, 0.2) is 0 Å². The van der Waals surface area contributed by atoms with Crippen LogP contribution in [0.2, 0.25) is 0 Å². The van der Waals surface area contributed by atoms with E-state index in [4.69, 9.17) is 9.47 Å². The number of anilines is 1. The fourth-order valence-electron chi connectivity index (χ4n) is 2.46. The van der Waals surface area contributed by atoms with Crippen LogP contribution < -0.4 is 15.4 Å². The Balaban J connectivity index is 1.72. The average Bonchev–Trinajstić information content (AvgIpc) is 2.69. The van der Waals surface area contributed by atoms with Crippen molar-refractivity contribution in [3.8, 4) is 5.75 Å². The number of esters is 1. The van der Waals surface area contributed by atoms with E-state index in [1.165, 1.54) is 0 Å². The Bertz CT molecular complexity index is 801. The molecule has 2 aromatic carbocycles. The van der Waals surface area contributed by atoms with E-state index in [1.54, 1.807) is 38.3 Å². The van der Waals surface area contributed by atoms with Crippen molar-refractivity contribution in [2.45, 2.75) is 19.8 Å². The van der Waals surface area contributed by atoms with E-state index >= 15 is 0 Å². The number of carbonyl (C=O) groups is 3. The minimum atomic E-state index is -0.425. The summed E-state index contributed by atoms with van der Waals surface area (Å²) in [4.78, 5) is 35.5. The van der Waals surface area contributed by atoms with Gasteiger partial charge in [0.1, 0.15) is 12.2 Å². The molecule has 0 bridgehead atoms. The number of hydrogen-bond acceptors (Lipinski definition) is 5. The molecule has 2 N–H and O–H groups in total. The maximum absolute atomic E-state index is 12.0. The van der Waals surface area contributed by atoms with Gasteiger partial charge in [-0.15, -0.1) is 0 Å². The summed E-state index contributed by atoms with van der Waals surface area (Å²) in [5.41, 5.74) is 1.97. The van der Waals surface area contributed by atoms with Gasteiger partial charge in [-0.05, 0) is 55.3 Å². The van der Waals surface area contributed by atoms with Gasteiger partial charge in [0.25, 0.3) is 0 Å². The molecule has 0 atom stereocenters. The zero-order valence-electron chi connectivity index (χ0n) is 16.0. The lowest BCUT2D eigenvalue weighted by atomic mass is 10.1. The van der Waals surface area contributed by atoms with Gasteiger partial charge in [-0.2, -0.15) is 0 Å². The van der Waals surface area contributed by atoms with Crippen LogP contribution in [0.1, 0.15) is 29.3 Å². The summed E-state index contributed by atoms with van der Waals surface area (Å²) in [6.07, 6.45) is 0.384. The molecule has 2 rings (SSSR count). The molecule has 0 fully saturated rings. The monoisotopic (exact) mass is 384 g/mol. The van der Waals surface area contributed by atoms with Crippen LogP contribution in [0.4, 0.5) is 5.69 Å². The zero-order chi connectivity index (χ0) is 20.4. The quantitative estimate of drug-likeness (QED) is 0.512. The molecule has 0 heterocycles. The summed E-state index contributed by atoms with van der Waals surface area (Å²) >= 11 is 0. The first-order valence-corrected chi connectivity index (χ1v) is 8.98. The summed E-state index contributed by atoms with van der Waals surface area (Å²) in [7, 11) is 1.61. The van der Waals surface area contributed by atoms with E-state index < -0.39 is 11.9 Å². The summed E-state index contributed by atoms with van der Waals surface area (Å²) in [5.74, 6) is -0.420. The molecule has 2 aromatic rings. The molecule has 28 heavy (non-hydrogen) atoms. The van der Waals surface area contributed by atoms with Crippen LogP contribution in [0.25, 0.3) is 0 Å². The Hall–Kier alpha value is -3.35. The van der Waals surface area contributed by atoms with E-state index in [2.05, 4.69) is 10.6 Å². The molecule has 2 amide bonds. The Labute approximate surface area is 164 Å². The minimum absolute atomic E-state index is 0.276. The second kappa shape index (κ2) is 10.7. The van der Waals surface area contributed by atoms with Crippen molar-refractivity contribution in [1.82, 2.24) is 5.32 Å². The lowest BCUT2D eigenvalue weighted by Crippen LogP contribution is -2.29. The van der Waals surface area contributed by atoms with Gasteiger partial charge < -0.3 is 20.1 Å². The third kappa shape index (κ3) is 6.75. The first-order chi connectivity index (χ1) is 13.5. The molecule has 0 aromatic heterocycles. The normalized spacial score (nSPS) is 10.1. The Morgan fingerprint density at radius 1 is 0.929 bits per heavy atom. The molecule has 0 saturated heterocycles. The van der Waals surface area contributed by atoms with E-state index in [0.717, 1.165) is 11.3 Å². The van der Waals surface area contributed by atoms with Crippen LogP contribution in [0, 0.1) is 0 Å².